The molecule has 0 saturated carbocycles. The van der Waals surface area contributed by atoms with Crippen molar-refractivity contribution in [2.45, 2.75) is 17.4 Å². The number of amides is 1. The topological polar surface area (TPSA) is 42.2 Å². The van der Waals surface area contributed by atoms with Crippen molar-refractivity contribution in [3.63, 3.8) is 0 Å². The van der Waals surface area contributed by atoms with E-state index in [1.165, 1.54) is 16.5 Å². The molecule has 1 atom stereocenters. The maximum absolute atomic E-state index is 12.0. The molecule has 0 saturated heterocycles. The van der Waals surface area contributed by atoms with E-state index in [-0.39, 0.29) is 11.9 Å². The predicted molar refractivity (Wildman–Crippen MR) is 80.4 cm³/mol. The summed E-state index contributed by atoms with van der Waals surface area (Å²) in [5, 5.41) is 3.06. The lowest BCUT2D eigenvalue weighted by Crippen LogP contribution is -2.29. The summed E-state index contributed by atoms with van der Waals surface area (Å²) in [6.45, 7) is 0. The van der Waals surface area contributed by atoms with Crippen LogP contribution >= 0.6 is 11.8 Å². The van der Waals surface area contributed by atoms with Crippen molar-refractivity contribution >= 4 is 23.7 Å². The zero-order valence-corrected chi connectivity index (χ0v) is 11.7. The molecule has 0 bridgehead atoms. The van der Waals surface area contributed by atoms with E-state index in [0.717, 1.165) is 12.2 Å². The van der Waals surface area contributed by atoms with Crippen molar-refractivity contribution in [2.24, 2.45) is 0 Å². The van der Waals surface area contributed by atoms with Crippen molar-refractivity contribution in [2.75, 3.05) is 5.75 Å². The van der Waals surface area contributed by atoms with Crippen LogP contribution in [0, 0.1) is 0 Å². The third kappa shape index (κ3) is 2.96. The summed E-state index contributed by atoms with van der Waals surface area (Å²) >= 11 is 1.85. The fourth-order valence-electron chi connectivity index (χ4n) is 2.26. The molecular formula is C16H15NO2S. The maximum Gasteiger partial charge on any atom is 0.244 e. The molecule has 0 radical (unpaired) electrons. The quantitative estimate of drug-likeness (QED) is 0.875. The Labute approximate surface area is 122 Å². The van der Waals surface area contributed by atoms with Gasteiger partial charge in [-0.15, -0.1) is 11.8 Å². The van der Waals surface area contributed by atoms with Gasteiger partial charge >= 0.3 is 0 Å². The molecule has 1 aliphatic heterocycles. The third-order valence-electron chi connectivity index (χ3n) is 3.22. The molecule has 4 heteroatoms. The average Bonchev–Trinajstić information content (AvgIpc) is 2.99. The molecule has 102 valence electrons. The number of carbonyl (C=O) groups is 1. The van der Waals surface area contributed by atoms with Crippen molar-refractivity contribution in [1.82, 2.24) is 5.32 Å². The van der Waals surface area contributed by atoms with E-state index in [1.807, 2.05) is 30.0 Å². The predicted octanol–water partition coefficient (Wildman–Crippen LogP) is 3.65. The number of hydrogen-bond acceptors (Lipinski definition) is 3. The number of furan rings is 1. The molecule has 3 nitrogen and oxygen atoms in total. The van der Waals surface area contributed by atoms with Gasteiger partial charge < -0.3 is 9.73 Å². The summed E-state index contributed by atoms with van der Waals surface area (Å²) in [5.74, 6) is 1.62. The number of thioether (sulfide) groups is 1. The summed E-state index contributed by atoms with van der Waals surface area (Å²) < 4.78 is 5.16. The molecule has 0 spiro atoms. The van der Waals surface area contributed by atoms with E-state index in [9.17, 15) is 4.79 Å². The number of nitrogens with one attached hydrogen (secondary N) is 1. The lowest BCUT2D eigenvalue weighted by molar-refractivity contribution is -0.117. The number of hydrogen-bond donors (Lipinski definition) is 1. The first-order chi connectivity index (χ1) is 9.83. The Bertz CT molecular complexity index is 619. The Kier molecular flexibility index (Phi) is 3.92. The van der Waals surface area contributed by atoms with Gasteiger partial charge in [-0.3, -0.25) is 4.79 Å². The van der Waals surface area contributed by atoms with E-state index in [2.05, 4.69) is 17.4 Å². The van der Waals surface area contributed by atoms with Gasteiger partial charge in [0.15, 0.2) is 0 Å². The first kappa shape index (κ1) is 13.1. The average molecular weight is 285 g/mol. The van der Waals surface area contributed by atoms with E-state index < -0.39 is 0 Å². The minimum absolute atomic E-state index is 0.0897. The third-order valence-corrected chi connectivity index (χ3v) is 4.34. The van der Waals surface area contributed by atoms with Crippen LogP contribution in [-0.2, 0) is 4.79 Å². The van der Waals surface area contributed by atoms with Crippen LogP contribution in [-0.4, -0.2) is 11.7 Å². The zero-order valence-electron chi connectivity index (χ0n) is 10.9. The number of rotatable bonds is 3. The molecule has 0 aliphatic carbocycles. The van der Waals surface area contributed by atoms with E-state index in [0.29, 0.717) is 5.76 Å². The van der Waals surface area contributed by atoms with E-state index in [4.69, 9.17) is 4.42 Å². The SMILES string of the molecule is O=C(/C=C/c1ccco1)N[C@H]1CCSc2ccccc21. The summed E-state index contributed by atoms with van der Waals surface area (Å²) in [4.78, 5) is 13.2. The lowest BCUT2D eigenvalue weighted by atomic mass is 10.0. The fourth-order valence-corrected chi connectivity index (χ4v) is 3.38. The summed E-state index contributed by atoms with van der Waals surface area (Å²) in [6, 6.07) is 12.0. The van der Waals surface area contributed by atoms with Crippen LogP contribution in [0.5, 0.6) is 0 Å². The van der Waals surface area contributed by atoms with Crippen LogP contribution in [0.2, 0.25) is 0 Å². The highest BCUT2D eigenvalue weighted by Gasteiger charge is 2.20. The molecule has 1 amide bonds. The molecule has 1 aromatic heterocycles. The van der Waals surface area contributed by atoms with Crippen molar-refractivity contribution < 1.29 is 9.21 Å². The molecule has 3 rings (SSSR count). The molecule has 20 heavy (non-hydrogen) atoms. The molecule has 0 fully saturated rings. The number of fused-ring (bicyclic) bond motifs is 1. The Morgan fingerprint density at radius 2 is 2.20 bits per heavy atom. The van der Waals surface area contributed by atoms with Crippen LogP contribution in [0.1, 0.15) is 23.8 Å². The Hall–Kier alpha value is -1.94. The summed E-state index contributed by atoms with van der Waals surface area (Å²) in [5.41, 5.74) is 1.21. The van der Waals surface area contributed by atoms with Gasteiger partial charge in [0.05, 0.1) is 12.3 Å². The zero-order chi connectivity index (χ0) is 13.8. The van der Waals surface area contributed by atoms with Crippen molar-refractivity contribution in [3.05, 3.63) is 60.1 Å². The maximum atomic E-state index is 12.0. The van der Waals surface area contributed by atoms with Gasteiger partial charge in [-0.05, 0) is 36.3 Å². The molecule has 2 heterocycles. The Morgan fingerprint density at radius 3 is 3.05 bits per heavy atom. The molecule has 1 aliphatic rings. The van der Waals surface area contributed by atoms with Gasteiger partial charge in [0.1, 0.15) is 5.76 Å². The lowest BCUT2D eigenvalue weighted by Gasteiger charge is -2.25. The second-order valence-electron chi connectivity index (χ2n) is 4.58. The van der Waals surface area contributed by atoms with Crippen LogP contribution in [0.4, 0.5) is 0 Å². The fraction of sp³-hybridized carbons (Fsp3) is 0.188. The highest BCUT2D eigenvalue weighted by molar-refractivity contribution is 7.99. The minimum Gasteiger partial charge on any atom is -0.465 e. The normalized spacial score (nSPS) is 17.9. The first-order valence-electron chi connectivity index (χ1n) is 6.57. The van der Waals surface area contributed by atoms with Crippen LogP contribution < -0.4 is 5.32 Å². The highest BCUT2D eigenvalue weighted by atomic mass is 32.2. The van der Waals surface area contributed by atoms with Crippen LogP contribution in [0.15, 0.2) is 58.1 Å². The summed E-state index contributed by atoms with van der Waals surface area (Å²) in [7, 11) is 0. The van der Waals surface area contributed by atoms with Crippen molar-refractivity contribution in [1.29, 1.82) is 0 Å². The highest BCUT2D eigenvalue weighted by Crippen LogP contribution is 2.35. The first-order valence-corrected chi connectivity index (χ1v) is 7.55. The van der Waals surface area contributed by atoms with Gasteiger partial charge in [-0.25, -0.2) is 0 Å². The summed E-state index contributed by atoms with van der Waals surface area (Å²) in [6.07, 6.45) is 5.75. The van der Waals surface area contributed by atoms with E-state index >= 15 is 0 Å². The second kappa shape index (κ2) is 6.01. The number of benzene rings is 1. The number of carbonyl (C=O) groups excluding carboxylic acids is 1. The van der Waals surface area contributed by atoms with Crippen LogP contribution in [0.3, 0.4) is 0 Å². The second-order valence-corrected chi connectivity index (χ2v) is 5.72. The molecular weight excluding hydrogens is 270 g/mol. The molecule has 1 N–H and O–H groups in total. The van der Waals surface area contributed by atoms with Crippen molar-refractivity contribution in [3.8, 4) is 0 Å². The Balaban J connectivity index is 1.68. The van der Waals surface area contributed by atoms with Gasteiger partial charge in [-0.2, -0.15) is 0 Å². The van der Waals surface area contributed by atoms with Gasteiger partial charge in [0.2, 0.25) is 5.91 Å². The molecule has 2 aromatic rings. The Morgan fingerprint density at radius 1 is 1.30 bits per heavy atom. The largest absolute Gasteiger partial charge is 0.465 e. The molecule has 1 aromatic carbocycles. The van der Waals surface area contributed by atoms with E-state index in [1.54, 1.807) is 18.4 Å². The minimum atomic E-state index is -0.0897. The molecule has 0 unspecified atom stereocenters. The smallest absolute Gasteiger partial charge is 0.244 e. The standard InChI is InChI=1S/C16H15NO2S/c18-16(8-7-12-4-3-10-19-12)17-14-9-11-20-15-6-2-1-5-13(14)15/h1-8,10,14H,9,11H2,(H,17,18)/b8-7+/t14-/m0/s1. The van der Waals surface area contributed by atoms with Crippen LogP contribution in [0.25, 0.3) is 6.08 Å². The van der Waals surface area contributed by atoms with Gasteiger partial charge in [-0.1, -0.05) is 18.2 Å². The van der Waals surface area contributed by atoms with Gasteiger partial charge in [0, 0.05) is 16.7 Å². The van der Waals surface area contributed by atoms with Gasteiger partial charge in [0.25, 0.3) is 0 Å². The monoisotopic (exact) mass is 285 g/mol.